The van der Waals surface area contributed by atoms with Gasteiger partial charge in [0.05, 0.1) is 18.8 Å². The molecule has 20 heavy (non-hydrogen) atoms. The first kappa shape index (κ1) is 14.8. The number of hydrogen-bond acceptors (Lipinski definition) is 4. The molecule has 0 bridgehead atoms. The fourth-order valence-corrected chi connectivity index (χ4v) is 2.33. The van der Waals surface area contributed by atoms with E-state index in [1.807, 2.05) is 55.1 Å². The third-order valence-corrected chi connectivity index (χ3v) is 3.64. The van der Waals surface area contributed by atoms with Gasteiger partial charge in [0.15, 0.2) is 0 Å². The van der Waals surface area contributed by atoms with Crippen molar-refractivity contribution in [2.75, 3.05) is 38.7 Å². The lowest BCUT2D eigenvalue weighted by Crippen LogP contribution is -2.52. The van der Waals surface area contributed by atoms with Gasteiger partial charge in [-0.15, -0.1) is 0 Å². The Balaban J connectivity index is 2.19. The van der Waals surface area contributed by atoms with Crippen molar-refractivity contribution < 1.29 is 9.53 Å². The zero-order valence-corrected chi connectivity index (χ0v) is 12.4. The van der Waals surface area contributed by atoms with Gasteiger partial charge in [0.1, 0.15) is 0 Å². The third-order valence-electron chi connectivity index (χ3n) is 3.64. The minimum atomic E-state index is -0.0628. The van der Waals surface area contributed by atoms with Crippen molar-refractivity contribution in [1.29, 1.82) is 0 Å². The van der Waals surface area contributed by atoms with Crippen LogP contribution in [0.5, 0.6) is 0 Å². The van der Waals surface area contributed by atoms with Gasteiger partial charge in [-0.2, -0.15) is 0 Å². The summed E-state index contributed by atoms with van der Waals surface area (Å²) in [6.45, 7) is 3.54. The number of carbonyl (C=O) groups is 1. The first-order chi connectivity index (χ1) is 9.52. The maximum Gasteiger partial charge on any atom is 0.254 e. The summed E-state index contributed by atoms with van der Waals surface area (Å²) >= 11 is 0. The maximum absolute atomic E-state index is 12.7. The standard InChI is InChI=1S/C15H23N3O2/c1-11-10-20-14(8-16)9-18(11)15(19)12-5-4-6-13(7-12)17(2)3/h4-7,11,14H,8-10,16H2,1-3H3. The molecule has 2 atom stereocenters. The van der Waals surface area contributed by atoms with Gasteiger partial charge < -0.3 is 20.3 Å². The first-order valence-corrected chi connectivity index (χ1v) is 6.93. The highest BCUT2D eigenvalue weighted by molar-refractivity contribution is 5.95. The van der Waals surface area contributed by atoms with E-state index >= 15 is 0 Å². The molecule has 0 aromatic heterocycles. The van der Waals surface area contributed by atoms with E-state index < -0.39 is 0 Å². The second kappa shape index (κ2) is 6.24. The molecule has 5 heteroatoms. The summed E-state index contributed by atoms with van der Waals surface area (Å²) < 4.78 is 5.59. The molecule has 5 nitrogen and oxygen atoms in total. The Hall–Kier alpha value is -1.59. The van der Waals surface area contributed by atoms with E-state index in [2.05, 4.69) is 0 Å². The number of hydrogen-bond donors (Lipinski definition) is 1. The van der Waals surface area contributed by atoms with E-state index in [1.165, 1.54) is 0 Å². The predicted molar refractivity (Wildman–Crippen MR) is 80.1 cm³/mol. The molecule has 1 aliphatic heterocycles. The Kier molecular flexibility index (Phi) is 4.62. The molecule has 1 aromatic rings. The summed E-state index contributed by atoms with van der Waals surface area (Å²) in [7, 11) is 3.93. The van der Waals surface area contributed by atoms with Crippen LogP contribution in [0.15, 0.2) is 24.3 Å². The van der Waals surface area contributed by atoms with Crippen LogP contribution in [-0.2, 0) is 4.74 Å². The van der Waals surface area contributed by atoms with Crippen LogP contribution in [0.3, 0.4) is 0 Å². The number of morpholine rings is 1. The van der Waals surface area contributed by atoms with Crippen molar-refractivity contribution in [3.63, 3.8) is 0 Å². The highest BCUT2D eigenvalue weighted by Crippen LogP contribution is 2.19. The van der Waals surface area contributed by atoms with Crippen LogP contribution in [0.1, 0.15) is 17.3 Å². The van der Waals surface area contributed by atoms with Crippen molar-refractivity contribution >= 4 is 11.6 Å². The molecule has 1 heterocycles. The van der Waals surface area contributed by atoms with Gasteiger partial charge in [0, 0.05) is 38.4 Å². The minimum absolute atomic E-state index is 0.0444. The van der Waals surface area contributed by atoms with Crippen molar-refractivity contribution in [3.05, 3.63) is 29.8 Å². The first-order valence-electron chi connectivity index (χ1n) is 6.93. The normalized spacial score (nSPS) is 22.7. The zero-order chi connectivity index (χ0) is 14.7. The number of anilines is 1. The van der Waals surface area contributed by atoms with E-state index in [0.717, 1.165) is 5.69 Å². The fraction of sp³-hybridized carbons (Fsp3) is 0.533. The Bertz CT molecular complexity index is 476. The molecule has 110 valence electrons. The SMILES string of the molecule is CC1COC(CN)CN1C(=O)c1cccc(N(C)C)c1. The van der Waals surface area contributed by atoms with Crippen LogP contribution >= 0.6 is 0 Å². The fourth-order valence-electron chi connectivity index (χ4n) is 2.33. The predicted octanol–water partition coefficient (Wildman–Crippen LogP) is 0.941. The zero-order valence-electron chi connectivity index (χ0n) is 12.4. The smallest absolute Gasteiger partial charge is 0.254 e. The molecule has 2 unspecified atom stereocenters. The average Bonchev–Trinajstić information content (AvgIpc) is 2.47. The van der Waals surface area contributed by atoms with Crippen LogP contribution in [0, 0.1) is 0 Å². The molecule has 1 saturated heterocycles. The van der Waals surface area contributed by atoms with Crippen molar-refractivity contribution in [2.24, 2.45) is 5.73 Å². The molecule has 0 saturated carbocycles. The molecule has 0 spiro atoms. The highest BCUT2D eigenvalue weighted by Gasteiger charge is 2.29. The van der Waals surface area contributed by atoms with Crippen molar-refractivity contribution in [1.82, 2.24) is 4.90 Å². The number of nitrogens with two attached hydrogens (primary N) is 1. The quantitative estimate of drug-likeness (QED) is 0.893. The van der Waals surface area contributed by atoms with E-state index in [4.69, 9.17) is 10.5 Å². The molecule has 1 aromatic carbocycles. The largest absolute Gasteiger partial charge is 0.378 e. The Labute approximate surface area is 120 Å². The lowest BCUT2D eigenvalue weighted by Gasteiger charge is -2.37. The topological polar surface area (TPSA) is 58.8 Å². The van der Waals surface area contributed by atoms with Gasteiger partial charge in [-0.3, -0.25) is 4.79 Å². The Morgan fingerprint density at radius 2 is 2.25 bits per heavy atom. The van der Waals surface area contributed by atoms with Gasteiger partial charge in [-0.25, -0.2) is 0 Å². The van der Waals surface area contributed by atoms with Gasteiger partial charge in [0.25, 0.3) is 5.91 Å². The summed E-state index contributed by atoms with van der Waals surface area (Å²) in [6, 6.07) is 7.75. The number of carbonyl (C=O) groups excluding carboxylic acids is 1. The highest BCUT2D eigenvalue weighted by atomic mass is 16.5. The van der Waals surface area contributed by atoms with Crippen molar-refractivity contribution in [3.8, 4) is 0 Å². The maximum atomic E-state index is 12.7. The van der Waals surface area contributed by atoms with Crippen molar-refractivity contribution in [2.45, 2.75) is 19.1 Å². The molecule has 0 radical (unpaired) electrons. The van der Waals surface area contributed by atoms with E-state index in [9.17, 15) is 4.79 Å². The van der Waals surface area contributed by atoms with Crippen LogP contribution in [0.2, 0.25) is 0 Å². The summed E-state index contributed by atoms with van der Waals surface area (Å²) in [4.78, 5) is 16.5. The van der Waals surface area contributed by atoms with E-state index in [0.29, 0.717) is 25.3 Å². The van der Waals surface area contributed by atoms with Crippen LogP contribution in [-0.4, -0.2) is 56.7 Å². The lowest BCUT2D eigenvalue weighted by atomic mass is 10.1. The number of benzene rings is 1. The average molecular weight is 277 g/mol. The molecule has 1 fully saturated rings. The molecule has 1 aliphatic rings. The lowest BCUT2D eigenvalue weighted by molar-refractivity contribution is -0.0426. The molecule has 2 rings (SSSR count). The summed E-state index contributed by atoms with van der Waals surface area (Å²) in [5, 5.41) is 0. The minimum Gasteiger partial charge on any atom is -0.378 e. The number of rotatable bonds is 3. The Morgan fingerprint density at radius 1 is 1.50 bits per heavy atom. The molecule has 0 aliphatic carbocycles. The second-order valence-electron chi connectivity index (χ2n) is 5.44. The summed E-state index contributed by atoms with van der Waals surface area (Å²) in [5.74, 6) is 0.0444. The molecular formula is C15H23N3O2. The molecule has 1 amide bonds. The molecular weight excluding hydrogens is 254 g/mol. The van der Waals surface area contributed by atoms with Gasteiger partial charge in [-0.05, 0) is 25.1 Å². The van der Waals surface area contributed by atoms with Crippen LogP contribution in [0.4, 0.5) is 5.69 Å². The Morgan fingerprint density at radius 3 is 2.90 bits per heavy atom. The number of ether oxygens (including phenoxy) is 1. The van der Waals surface area contributed by atoms with E-state index in [-0.39, 0.29) is 18.1 Å². The van der Waals surface area contributed by atoms with E-state index in [1.54, 1.807) is 0 Å². The number of amides is 1. The van der Waals surface area contributed by atoms with Gasteiger partial charge >= 0.3 is 0 Å². The monoisotopic (exact) mass is 277 g/mol. The van der Waals surface area contributed by atoms with Gasteiger partial charge in [0.2, 0.25) is 0 Å². The van der Waals surface area contributed by atoms with Crippen LogP contribution < -0.4 is 10.6 Å². The van der Waals surface area contributed by atoms with Crippen LogP contribution in [0.25, 0.3) is 0 Å². The van der Waals surface area contributed by atoms with Gasteiger partial charge in [-0.1, -0.05) is 6.07 Å². The number of nitrogens with zero attached hydrogens (tertiary/aromatic N) is 2. The summed E-state index contributed by atoms with van der Waals surface area (Å²) in [6.07, 6.45) is -0.0628. The summed E-state index contributed by atoms with van der Waals surface area (Å²) in [5.41, 5.74) is 7.37. The third kappa shape index (κ3) is 3.11. The second-order valence-corrected chi connectivity index (χ2v) is 5.44. The molecule has 2 N–H and O–H groups in total.